The fourth-order valence-electron chi connectivity index (χ4n) is 1.81. The summed E-state index contributed by atoms with van der Waals surface area (Å²) in [6.45, 7) is 5.46. The molecule has 6 nitrogen and oxygen atoms in total. The maximum absolute atomic E-state index is 11.2. The van der Waals surface area contributed by atoms with E-state index in [0.717, 1.165) is 12.8 Å². The van der Waals surface area contributed by atoms with Crippen LogP contribution in [0.25, 0.3) is 0 Å². The van der Waals surface area contributed by atoms with E-state index in [4.69, 9.17) is 20.7 Å². The molecular formula is C13H27ClN2O4. The summed E-state index contributed by atoms with van der Waals surface area (Å²) >= 11 is 0. The number of hydrogen-bond acceptors (Lipinski definition) is 5. The van der Waals surface area contributed by atoms with Crippen LogP contribution in [0.4, 0.5) is 4.79 Å². The number of carbonyl (C=O) groups is 1. The molecule has 0 aromatic carbocycles. The summed E-state index contributed by atoms with van der Waals surface area (Å²) in [5.41, 5.74) is 4.86. The molecule has 0 aliphatic heterocycles. The van der Waals surface area contributed by atoms with Crippen molar-refractivity contribution in [1.29, 1.82) is 0 Å². The normalized spacial score (nSPS) is 31.5. The van der Waals surface area contributed by atoms with Gasteiger partial charge in [-0.1, -0.05) is 0 Å². The lowest BCUT2D eigenvalue weighted by molar-refractivity contribution is 0.0304. The Morgan fingerprint density at radius 2 is 1.60 bits per heavy atom. The van der Waals surface area contributed by atoms with Gasteiger partial charge in [0.2, 0.25) is 0 Å². The molecule has 5 N–H and O–H groups in total. The Labute approximate surface area is 126 Å². The summed E-state index contributed by atoms with van der Waals surface area (Å²) in [6.07, 6.45) is 2.16. The zero-order valence-corrected chi connectivity index (χ0v) is 13.2. The third-order valence-electron chi connectivity index (χ3n) is 2.98. The molecule has 0 saturated heterocycles. The number of aliphatic hydroxyl groups excluding tert-OH is 2. The van der Waals surface area contributed by atoms with E-state index in [1.54, 1.807) is 0 Å². The van der Waals surface area contributed by atoms with Gasteiger partial charge >= 0.3 is 6.09 Å². The Morgan fingerprint density at radius 1 is 1.15 bits per heavy atom. The van der Waals surface area contributed by atoms with Gasteiger partial charge in [-0.25, -0.2) is 4.79 Å². The summed E-state index contributed by atoms with van der Waals surface area (Å²) in [7, 11) is 0. The molecule has 2 rings (SSSR count). The van der Waals surface area contributed by atoms with Crippen LogP contribution < -0.4 is 11.1 Å². The van der Waals surface area contributed by atoms with E-state index in [1.807, 2.05) is 20.8 Å². The molecular weight excluding hydrogens is 284 g/mol. The molecule has 2 aliphatic rings. The van der Waals surface area contributed by atoms with Gasteiger partial charge in [-0.3, -0.25) is 0 Å². The van der Waals surface area contributed by atoms with Crippen LogP contribution >= 0.6 is 12.4 Å². The number of ether oxygens (including phenoxy) is 1. The molecule has 0 radical (unpaired) electrons. The Balaban J connectivity index is 0.000000434. The molecule has 0 aromatic rings. The van der Waals surface area contributed by atoms with Crippen molar-refractivity contribution in [3.05, 3.63) is 0 Å². The smallest absolute Gasteiger partial charge is 0.407 e. The van der Waals surface area contributed by atoms with Crippen molar-refractivity contribution in [2.75, 3.05) is 0 Å². The van der Waals surface area contributed by atoms with Crippen LogP contribution in [-0.4, -0.2) is 46.2 Å². The minimum absolute atomic E-state index is 0. The molecule has 120 valence electrons. The van der Waals surface area contributed by atoms with Crippen LogP contribution in [-0.2, 0) is 4.74 Å². The van der Waals surface area contributed by atoms with Gasteiger partial charge in [0.15, 0.2) is 0 Å². The van der Waals surface area contributed by atoms with E-state index in [0.29, 0.717) is 18.9 Å². The Kier molecular flexibility index (Phi) is 7.80. The van der Waals surface area contributed by atoms with Crippen molar-refractivity contribution in [1.82, 2.24) is 5.32 Å². The lowest BCUT2D eigenvalue weighted by atomic mass is 9.90. The van der Waals surface area contributed by atoms with Gasteiger partial charge in [0.1, 0.15) is 5.60 Å². The van der Waals surface area contributed by atoms with E-state index >= 15 is 0 Å². The first-order valence-electron chi connectivity index (χ1n) is 6.77. The summed E-state index contributed by atoms with van der Waals surface area (Å²) in [4.78, 5) is 11.2. The van der Waals surface area contributed by atoms with E-state index in [-0.39, 0.29) is 30.7 Å². The van der Waals surface area contributed by atoms with Crippen molar-refractivity contribution in [3.63, 3.8) is 0 Å². The number of halogens is 1. The molecule has 2 saturated carbocycles. The topological polar surface area (TPSA) is 105 Å². The van der Waals surface area contributed by atoms with Gasteiger partial charge < -0.3 is 26.0 Å². The molecule has 0 bridgehead atoms. The molecule has 7 heteroatoms. The quantitative estimate of drug-likeness (QED) is 0.576. The SMILES string of the molecule is CC(C)(C)OC(=O)NC1CC(O)C1.Cl.NC1CC(O)C1. The average molecular weight is 311 g/mol. The zero-order valence-electron chi connectivity index (χ0n) is 12.3. The number of carbonyl (C=O) groups excluding carboxylic acids is 1. The predicted molar refractivity (Wildman–Crippen MR) is 78.9 cm³/mol. The van der Waals surface area contributed by atoms with E-state index in [2.05, 4.69) is 5.32 Å². The van der Waals surface area contributed by atoms with Crippen molar-refractivity contribution in [3.8, 4) is 0 Å². The second kappa shape index (κ2) is 8.02. The van der Waals surface area contributed by atoms with Crippen LogP contribution in [0, 0.1) is 0 Å². The number of aliphatic hydroxyl groups is 2. The second-order valence-electron chi connectivity index (χ2n) is 6.35. The first-order chi connectivity index (χ1) is 8.65. The molecule has 0 aromatic heterocycles. The largest absolute Gasteiger partial charge is 0.444 e. The fourth-order valence-corrected chi connectivity index (χ4v) is 1.81. The fraction of sp³-hybridized carbons (Fsp3) is 0.923. The van der Waals surface area contributed by atoms with Crippen LogP contribution in [0.15, 0.2) is 0 Å². The molecule has 0 atom stereocenters. The lowest BCUT2D eigenvalue weighted by Gasteiger charge is -2.32. The van der Waals surface area contributed by atoms with Crippen LogP contribution in [0.3, 0.4) is 0 Å². The Hall–Kier alpha value is -0.560. The third-order valence-corrected chi connectivity index (χ3v) is 2.98. The van der Waals surface area contributed by atoms with Crippen molar-refractivity contribution < 1.29 is 19.7 Å². The lowest BCUT2D eigenvalue weighted by Crippen LogP contribution is -2.48. The minimum atomic E-state index is -0.452. The molecule has 2 fully saturated rings. The van der Waals surface area contributed by atoms with Gasteiger partial charge in [0.05, 0.1) is 12.2 Å². The van der Waals surface area contributed by atoms with Crippen molar-refractivity contribution in [2.24, 2.45) is 5.73 Å². The molecule has 1 amide bonds. The summed E-state index contributed by atoms with van der Waals surface area (Å²) in [6, 6.07) is 0.379. The van der Waals surface area contributed by atoms with Gasteiger partial charge in [0, 0.05) is 12.1 Å². The first-order valence-corrected chi connectivity index (χ1v) is 6.77. The number of nitrogens with two attached hydrogens (primary N) is 1. The highest BCUT2D eigenvalue weighted by Gasteiger charge is 2.29. The zero-order chi connectivity index (χ0) is 14.6. The average Bonchev–Trinajstić information content (AvgIpc) is 2.11. The molecule has 2 aliphatic carbocycles. The number of rotatable bonds is 1. The highest BCUT2D eigenvalue weighted by Crippen LogP contribution is 2.19. The number of alkyl carbamates (subject to hydrolysis) is 1. The first kappa shape index (κ1) is 19.4. The van der Waals surface area contributed by atoms with Gasteiger partial charge in [0.25, 0.3) is 0 Å². The van der Waals surface area contributed by atoms with E-state index in [9.17, 15) is 4.79 Å². The molecule has 0 heterocycles. The van der Waals surface area contributed by atoms with Crippen molar-refractivity contribution in [2.45, 2.75) is 76.3 Å². The van der Waals surface area contributed by atoms with Gasteiger partial charge in [-0.2, -0.15) is 0 Å². The summed E-state index contributed by atoms with van der Waals surface area (Å²) < 4.78 is 5.05. The number of nitrogens with one attached hydrogen (secondary N) is 1. The van der Waals surface area contributed by atoms with Gasteiger partial charge in [-0.05, 0) is 46.5 Å². The summed E-state index contributed by atoms with van der Waals surface area (Å²) in [5, 5.41) is 20.2. The molecule has 0 spiro atoms. The monoisotopic (exact) mass is 310 g/mol. The van der Waals surface area contributed by atoms with Crippen LogP contribution in [0.5, 0.6) is 0 Å². The summed E-state index contributed by atoms with van der Waals surface area (Å²) in [5.74, 6) is 0. The highest BCUT2D eigenvalue weighted by atomic mass is 35.5. The highest BCUT2D eigenvalue weighted by molar-refractivity contribution is 5.85. The molecule has 0 unspecified atom stereocenters. The minimum Gasteiger partial charge on any atom is -0.444 e. The van der Waals surface area contributed by atoms with Crippen molar-refractivity contribution >= 4 is 18.5 Å². The number of hydrogen-bond donors (Lipinski definition) is 4. The third kappa shape index (κ3) is 7.89. The Bertz CT molecular complexity index is 291. The standard InChI is InChI=1S/C9H17NO3.C4H9NO.ClH/c1-9(2,3)13-8(12)10-6-4-7(11)5-6;5-3-1-4(6)2-3;/h6-7,11H,4-5H2,1-3H3,(H,10,12);3-4,6H,1-2,5H2;1H. The second-order valence-corrected chi connectivity index (χ2v) is 6.35. The Morgan fingerprint density at radius 3 is 1.85 bits per heavy atom. The van der Waals surface area contributed by atoms with E-state index < -0.39 is 11.7 Å². The number of amides is 1. The van der Waals surface area contributed by atoms with E-state index in [1.165, 1.54) is 0 Å². The predicted octanol–water partition coefficient (Wildman–Crippen LogP) is 0.925. The van der Waals surface area contributed by atoms with Gasteiger partial charge in [-0.15, -0.1) is 12.4 Å². The van der Waals surface area contributed by atoms with Crippen LogP contribution in [0.2, 0.25) is 0 Å². The molecule has 20 heavy (non-hydrogen) atoms. The maximum atomic E-state index is 11.2. The maximum Gasteiger partial charge on any atom is 0.407 e. The van der Waals surface area contributed by atoms with Crippen LogP contribution in [0.1, 0.15) is 46.5 Å².